The third-order valence-electron chi connectivity index (χ3n) is 3.60. The van der Waals surface area contributed by atoms with Crippen LogP contribution in [0.4, 0.5) is 5.88 Å². The van der Waals surface area contributed by atoms with Crippen molar-refractivity contribution in [1.29, 1.82) is 0 Å². The van der Waals surface area contributed by atoms with Gasteiger partial charge in [0.15, 0.2) is 0 Å². The van der Waals surface area contributed by atoms with Gasteiger partial charge in [-0.3, -0.25) is 19.4 Å². The monoisotopic (exact) mass is 347 g/mol. The molecule has 1 fully saturated rings. The molecule has 1 N–H and O–H groups in total. The summed E-state index contributed by atoms with van der Waals surface area (Å²) in [5, 5.41) is 8.38. The molecule has 1 atom stereocenters. The summed E-state index contributed by atoms with van der Waals surface area (Å²) in [6.45, 7) is 3.80. The van der Waals surface area contributed by atoms with E-state index in [0.29, 0.717) is 31.9 Å². The minimum atomic E-state index is -1.07. The lowest BCUT2D eigenvalue weighted by atomic mass is 10.1. The van der Waals surface area contributed by atoms with Crippen molar-refractivity contribution in [2.45, 2.75) is 13.0 Å². The van der Waals surface area contributed by atoms with Crippen molar-refractivity contribution in [1.82, 2.24) is 5.27 Å². The van der Waals surface area contributed by atoms with Gasteiger partial charge in [-0.05, 0) is 0 Å². The standard InChI is InChI=1S/C16H18N4O5/c1-12(21)24-15(13-5-3-2-4-6-13)16(22)17-14-11-20(18-25-14)19-7-9-23-10-8-19/h2-6,11,15H,7-10H2,1H3/p+1. The number of carbonyl (C=O) groups excluding carboxylic acids is 2. The smallest absolute Gasteiger partial charge is 0.305 e. The molecule has 1 saturated heterocycles. The molecule has 1 aliphatic heterocycles. The van der Waals surface area contributed by atoms with Crippen molar-refractivity contribution in [3.05, 3.63) is 42.1 Å². The molecule has 0 saturated carbocycles. The third kappa shape index (κ3) is 4.32. The first kappa shape index (κ1) is 16.9. The number of nitrogens with zero attached hydrogens (tertiary/aromatic N) is 3. The molecule has 1 aromatic carbocycles. The van der Waals surface area contributed by atoms with Crippen LogP contribution in [0.2, 0.25) is 0 Å². The summed E-state index contributed by atoms with van der Waals surface area (Å²) in [5.41, 5.74) is 0.566. The number of hydrogen-bond donors (Lipinski definition) is 1. The number of ether oxygens (including phenoxy) is 2. The van der Waals surface area contributed by atoms with E-state index in [9.17, 15) is 9.59 Å². The number of hydrogen-bond acceptors (Lipinski definition) is 7. The van der Waals surface area contributed by atoms with E-state index in [0.717, 1.165) is 0 Å². The summed E-state index contributed by atoms with van der Waals surface area (Å²) in [7, 11) is 0. The van der Waals surface area contributed by atoms with E-state index in [2.05, 4.69) is 10.6 Å². The summed E-state index contributed by atoms with van der Waals surface area (Å²) in [6, 6.07) is 8.76. The van der Waals surface area contributed by atoms with Gasteiger partial charge in [0.1, 0.15) is 0 Å². The first-order valence-electron chi connectivity index (χ1n) is 7.88. The predicted molar refractivity (Wildman–Crippen MR) is 85.0 cm³/mol. The van der Waals surface area contributed by atoms with Crippen molar-refractivity contribution in [3.8, 4) is 0 Å². The summed E-state index contributed by atoms with van der Waals surface area (Å²) >= 11 is 0. The van der Waals surface area contributed by atoms with Crippen LogP contribution in [0.25, 0.3) is 0 Å². The normalized spacial score (nSPS) is 15.5. The molecule has 2 aromatic rings. The Labute approximate surface area is 144 Å². The molecule has 1 amide bonds. The zero-order valence-corrected chi connectivity index (χ0v) is 13.8. The Kier molecular flexibility index (Phi) is 5.24. The van der Waals surface area contributed by atoms with Gasteiger partial charge in [-0.2, -0.15) is 0 Å². The molecule has 25 heavy (non-hydrogen) atoms. The Bertz CT molecular complexity index is 727. The van der Waals surface area contributed by atoms with Crippen molar-refractivity contribution in [2.24, 2.45) is 0 Å². The Morgan fingerprint density at radius 3 is 2.68 bits per heavy atom. The van der Waals surface area contributed by atoms with Crippen LogP contribution in [0.15, 0.2) is 41.1 Å². The van der Waals surface area contributed by atoms with Crippen molar-refractivity contribution in [2.75, 3.05) is 36.6 Å². The average molecular weight is 347 g/mol. The minimum Gasteiger partial charge on any atom is -0.447 e. The molecule has 0 bridgehead atoms. The van der Waals surface area contributed by atoms with Crippen LogP contribution in [-0.4, -0.2) is 43.5 Å². The highest BCUT2D eigenvalue weighted by Crippen LogP contribution is 2.19. The van der Waals surface area contributed by atoms with Crippen LogP contribution in [0.5, 0.6) is 0 Å². The summed E-state index contributed by atoms with van der Waals surface area (Å²) < 4.78 is 15.6. The fraction of sp³-hybridized carbons (Fsp3) is 0.375. The second-order valence-electron chi connectivity index (χ2n) is 5.44. The zero-order chi connectivity index (χ0) is 17.6. The molecule has 9 heteroatoms. The summed E-state index contributed by atoms with van der Waals surface area (Å²) in [5.74, 6) is -0.916. The molecule has 9 nitrogen and oxygen atoms in total. The fourth-order valence-electron chi connectivity index (χ4n) is 2.44. The largest absolute Gasteiger partial charge is 0.447 e. The molecule has 1 unspecified atom stereocenters. The average Bonchev–Trinajstić information content (AvgIpc) is 3.09. The van der Waals surface area contributed by atoms with E-state index >= 15 is 0 Å². The fourth-order valence-corrected chi connectivity index (χ4v) is 2.44. The first-order chi connectivity index (χ1) is 12.1. The van der Waals surface area contributed by atoms with Gasteiger partial charge in [-0.15, -0.1) is 5.01 Å². The van der Waals surface area contributed by atoms with Crippen molar-refractivity contribution >= 4 is 17.8 Å². The molecule has 0 aliphatic carbocycles. The second kappa shape index (κ2) is 7.75. The molecular weight excluding hydrogens is 328 g/mol. The maximum absolute atomic E-state index is 12.5. The molecule has 0 spiro atoms. The van der Waals surface area contributed by atoms with Crippen LogP contribution < -0.4 is 15.1 Å². The number of carbonyl (C=O) groups is 2. The molecular formula is C16H19N4O5+. The van der Waals surface area contributed by atoms with Gasteiger partial charge in [0.05, 0.1) is 31.1 Å². The number of esters is 1. The number of rotatable bonds is 5. The van der Waals surface area contributed by atoms with Gasteiger partial charge >= 0.3 is 11.9 Å². The maximum Gasteiger partial charge on any atom is 0.305 e. The molecule has 2 heterocycles. The Morgan fingerprint density at radius 2 is 2.00 bits per heavy atom. The van der Waals surface area contributed by atoms with Gasteiger partial charge in [-0.1, -0.05) is 30.3 Å². The van der Waals surface area contributed by atoms with Gasteiger partial charge < -0.3 is 9.47 Å². The lowest BCUT2D eigenvalue weighted by Gasteiger charge is -2.18. The van der Waals surface area contributed by atoms with E-state index in [4.69, 9.17) is 14.0 Å². The lowest BCUT2D eigenvalue weighted by Crippen LogP contribution is -2.62. The highest BCUT2D eigenvalue weighted by Gasteiger charge is 2.28. The van der Waals surface area contributed by atoms with Crippen molar-refractivity contribution in [3.63, 3.8) is 0 Å². The zero-order valence-electron chi connectivity index (χ0n) is 13.8. The van der Waals surface area contributed by atoms with Gasteiger partial charge in [-0.25, -0.2) is 0 Å². The first-order valence-corrected chi connectivity index (χ1v) is 7.88. The van der Waals surface area contributed by atoms with E-state index in [1.54, 1.807) is 30.5 Å². The number of amides is 1. The Balaban J connectivity index is 1.70. The minimum absolute atomic E-state index is 0.157. The van der Waals surface area contributed by atoms with Gasteiger partial charge in [0, 0.05) is 12.5 Å². The maximum atomic E-state index is 12.5. The van der Waals surface area contributed by atoms with Crippen LogP contribution in [0.1, 0.15) is 18.6 Å². The second-order valence-corrected chi connectivity index (χ2v) is 5.44. The highest BCUT2D eigenvalue weighted by atomic mass is 16.5. The molecule has 1 aromatic heterocycles. The number of aromatic nitrogens is 2. The Hall–Kier alpha value is -2.94. The van der Waals surface area contributed by atoms with E-state index in [1.807, 2.05) is 11.1 Å². The number of nitrogens with one attached hydrogen (secondary N) is 1. The quantitative estimate of drug-likeness (QED) is 0.608. The summed E-state index contributed by atoms with van der Waals surface area (Å²) in [4.78, 5) is 25.4. The molecule has 1 aliphatic rings. The molecule has 132 valence electrons. The highest BCUT2D eigenvalue weighted by molar-refractivity contribution is 5.94. The van der Waals surface area contributed by atoms with Gasteiger partial charge in [0.2, 0.25) is 11.4 Å². The summed E-state index contributed by atoms with van der Waals surface area (Å²) in [6.07, 6.45) is 0.486. The number of morpholine rings is 1. The van der Waals surface area contributed by atoms with Crippen LogP contribution in [-0.2, 0) is 19.1 Å². The SMILES string of the molecule is CC(=O)OC(C(=O)Nc1c[n+](N2CCOCC2)no1)c1ccccc1. The van der Waals surface area contributed by atoms with E-state index < -0.39 is 18.0 Å². The topological polar surface area (TPSA) is 97.8 Å². The molecule has 0 radical (unpaired) electrons. The predicted octanol–water partition coefficient (Wildman–Crippen LogP) is 0.173. The lowest BCUT2D eigenvalue weighted by molar-refractivity contribution is -0.759. The van der Waals surface area contributed by atoms with E-state index in [-0.39, 0.29) is 5.88 Å². The van der Waals surface area contributed by atoms with Crippen LogP contribution in [0, 0.1) is 0 Å². The number of benzene rings is 1. The van der Waals surface area contributed by atoms with Crippen LogP contribution >= 0.6 is 0 Å². The third-order valence-corrected chi connectivity index (χ3v) is 3.60. The molecule has 3 rings (SSSR count). The van der Waals surface area contributed by atoms with E-state index in [1.165, 1.54) is 11.7 Å². The van der Waals surface area contributed by atoms with Crippen molar-refractivity contribution < 1.29 is 28.4 Å². The van der Waals surface area contributed by atoms with Gasteiger partial charge in [0.25, 0.3) is 12.1 Å². The number of anilines is 1. The van der Waals surface area contributed by atoms with Crippen LogP contribution in [0.3, 0.4) is 0 Å². The Morgan fingerprint density at radius 1 is 1.28 bits per heavy atom.